The van der Waals surface area contributed by atoms with Crippen LogP contribution in [0.15, 0.2) is 89.6 Å². The summed E-state index contributed by atoms with van der Waals surface area (Å²) in [5.74, 6) is 0.857. The fourth-order valence-corrected chi connectivity index (χ4v) is 3.95. The number of nitrogens with zero attached hydrogens (tertiary/aromatic N) is 2. The zero-order valence-electron chi connectivity index (χ0n) is 17.0. The number of aliphatic imine (C=N–C) groups is 1. The molecule has 0 spiro atoms. The van der Waals surface area contributed by atoms with Crippen LogP contribution in [0.25, 0.3) is 6.08 Å². The van der Waals surface area contributed by atoms with Gasteiger partial charge < -0.3 is 4.74 Å². The number of para-hydroxylation sites is 1. The molecule has 4 rings (SSSR count). The van der Waals surface area contributed by atoms with Crippen molar-refractivity contribution in [1.82, 2.24) is 0 Å². The molecule has 3 aromatic carbocycles. The third kappa shape index (κ3) is 5.03. The zero-order valence-corrected chi connectivity index (χ0v) is 17.8. The van der Waals surface area contributed by atoms with Crippen LogP contribution in [0.1, 0.15) is 11.1 Å². The highest BCUT2D eigenvalue weighted by Crippen LogP contribution is 2.29. The van der Waals surface area contributed by atoms with Gasteiger partial charge in [0.1, 0.15) is 17.3 Å². The van der Waals surface area contributed by atoms with E-state index in [9.17, 15) is 9.18 Å². The van der Waals surface area contributed by atoms with Crippen LogP contribution in [0.3, 0.4) is 0 Å². The summed E-state index contributed by atoms with van der Waals surface area (Å²) in [5, 5.41) is 0.548. The lowest BCUT2D eigenvalue weighted by Gasteiger charge is -2.18. The van der Waals surface area contributed by atoms with Crippen LogP contribution in [-0.4, -0.2) is 23.4 Å². The molecule has 0 saturated carbocycles. The lowest BCUT2D eigenvalue weighted by atomic mass is 10.2. The van der Waals surface area contributed by atoms with Gasteiger partial charge in [0.25, 0.3) is 5.91 Å². The van der Waals surface area contributed by atoms with E-state index in [1.165, 1.54) is 28.8 Å². The van der Waals surface area contributed by atoms with E-state index in [0.29, 0.717) is 28.9 Å². The first-order chi connectivity index (χ1) is 15.1. The summed E-state index contributed by atoms with van der Waals surface area (Å²) in [6, 6.07) is 23.2. The summed E-state index contributed by atoms with van der Waals surface area (Å²) in [6.45, 7) is 2.47. The zero-order chi connectivity index (χ0) is 21.6. The van der Waals surface area contributed by atoms with Crippen LogP contribution < -0.4 is 9.64 Å². The number of hydrogen-bond donors (Lipinski definition) is 0. The van der Waals surface area contributed by atoms with Gasteiger partial charge in [0, 0.05) is 5.75 Å². The number of benzene rings is 3. The molecular formula is C25H21FN2O2S. The number of carbonyl (C=O) groups is 1. The number of hydrogen-bond acceptors (Lipinski definition) is 4. The van der Waals surface area contributed by atoms with Gasteiger partial charge in [-0.3, -0.25) is 9.69 Å². The first kappa shape index (κ1) is 20.9. The lowest BCUT2D eigenvalue weighted by Crippen LogP contribution is -2.30. The molecule has 1 amide bonds. The molecule has 31 heavy (non-hydrogen) atoms. The fraction of sp³-hybridized carbons (Fsp3) is 0.120. The summed E-state index contributed by atoms with van der Waals surface area (Å²) in [6.07, 6.45) is 1.76. The van der Waals surface area contributed by atoms with Crippen LogP contribution >= 0.6 is 11.8 Å². The predicted molar refractivity (Wildman–Crippen MR) is 125 cm³/mol. The van der Waals surface area contributed by atoms with Crippen molar-refractivity contribution in [2.45, 2.75) is 6.92 Å². The van der Waals surface area contributed by atoms with Crippen molar-refractivity contribution in [2.75, 3.05) is 17.3 Å². The predicted octanol–water partition coefficient (Wildman–Crippen LogP) is 5.69. The third-order valence-electron chi connectivity index (χ3n) is 4.68. The summed E-state index contributed by atoms with van der Waals surface area (Å²) >= 11 is 1.43. The van der Waals surface area contributed by atoms with E-state index in [1.54, 1.807) is 18.2 Å². The summed E-state index contributed by atoms with van der Waals surface area (Å²) < 4.78 is 19.3. The molecule has 0 N–H and O–H groups in total. The van der Waals surface area contributed by atoms with Crippen LogP contribution in [0.4, 0.5) is 10.1 Å². The number of thioether (sulfide) groups is 1. The molecule has 0 bridgehead atoms. The average molecular weight is 433 g/mol. The number of aryl methyl sites for hydroxylation is 1. The quantitative estimate of drug-likeness (QED) is 0.371. The van der Waals surface area contributed by atoms with E-state index in [4.69, 9.17) is 4.74 Å². The highest BCUT2D eigenvalue weighted by atomic mass is 32.2. The highest BCUT2D eigenvalue weighted by Gasteiger charge is 2.31. The van der Waals surface area contributed by atoms with E-state index in [1.807, 2.05) is 61.5 Å². The monoisotopic (exact) mass is 432 g/mol. The minimum atomic E-state index is -0.354. The largest absolute Gasteiger partial charge is 0.492 e. The maximum Gasteiger partial charge on any atom is 0.283 e. The first-order valence-corrected chi connectivity index (χ1v) is 10.9. The highest BCUT2D eigenvalue weighted by molar-refractivity contribution is 8.14. The summed E-state index contributed by atoms with van der Waals surface area (Å²) in [5.41, 5.74) is 2.89. The summed E-state index contributed by atoms with van der Waals surface area (Å²) in [4.78, 5) is 19.2. The molecule has 0 atom stereocenters. The number of halogens is 1. The number of amides is 1. The van der Waals surface area contributed by atoms with Gasteiger partial charge in [0.05, 0.1) is 12.3 Å². The van der Waals surface area contributed by atoms with Crippen LogP contribution in [0, 0.1) is 12.7 Å². The second-order valence-electron chi connectivity index (χ2n) is 6.91. The molecule has 0 radical (unpaired) electrons. The lowest BCUT2D eigenvalue weighted by molar-refractivity contribution is -0.113. The van der Waals surface area contributed by atoms with Crippen molar-refractivity contribution in [3.8, 4) is 5.75 Å². The van der Waals surface area contributed by atoms with Crippen LogP contribution in [0.2, 0.25) is 0 Å². The van der Waals surface area contributed by atoms with Crippen molar-refractivity contribution in [1.29, 1.82) is 0 Å². The van der Waals surface area contributed by atoms with E-state index < -0.39 is 0 Å². The maximum atomic E-state index is 13.4. The van der Waals surface area contributed by atoms with Gasteiger partial charge in [-0.05, 0) is 54.5 Å². The molecule has 0 unspecified atom stereocenters. The van der Waals surface area contributed by atoms with Gasteiger partial charge in [0.2, 0.25) is 0 Å². The third-order valence-corrected chi connectivity index (χ3v) is 5.59. The molecule has 0 aliphatic carbocycles. The van der Waals surface area contributed by atoms with Gasteiger partial charge in [-0.15, -0.1) is 0 Å². The normalized spacial score (nSPS) is 14.8. The molecule has 1 aliphatic heterocycles. The smallest absolute Gasteiger partial charge is 0.283 e. The van der Waals surface area contributed by atoms with Gasteiger partial charge in [-0.1, -0.05) is 60.3 Å². The molecule has 6 heteroatoms. The molecule has 0 aromatic heterocycles. The fourth-order valence-electron chi connectivity index (χ4n) is 3.12. The van der Waals surface area contributed by atoms with E-state index in [-0.39, 0.29) is 11.7 Å². The van der Waals surface area contributed by atoms with Gasteiger partial charge >= 0.3 is 0 Å². The Balaban J connectivity index is 1.52. The molecule has 0 saturated heterocycles. The van der Waals surface area contributed by atoms with Crippen molar-refractivity contribution >= 4 is 34.6 Å². The van der Waals surface area contributed by atoms with Gasteiger partial charge in [-0.25, -0.2) is 9.38 Å². The number of ether oxygens (including phenoxy) is 1. The van der Waals surface area contributed by atoms with E-state index >= 15 is 0 Å². The average Bonchev–Trinajstić information content (AvgIpc) is 3.09. The molecular weight excluding hydrogens is 411 g/mol. The second-order valence-corrected chi connectivity index (χ2v) is 7.98. The van der Waals surface area contributed by atoms with Crippen molar-refractivity contribution in [3.05, 3.63) is 102 Å². The Morgan fingerprint density at radius 1 is 1.00 bits per heavy atom. The minimum absolute atomic E-state index is 0.238. The molecule has 156 valence electrons. The molecule has 1 aliphatic rings. The number of amidine groups is 1. The Kier molecular flexibility index (Phi) is 6.48. The van der Waals surface area contributed by atoms with E-state index in [2.05, 4.69) is 4.99 Å². The van der Waals surface area contributed by atoms with Crippen molar-refractivity contribution in [3.63, 3.8) is 0 Å². The Morgan fingerprint density at radius 3 is 2.45 bits per heavy atom. The van der Waals surface area contributed by atoms with Crippen molar-refractivity contribution in [2.24, 2.45) is 4.99 Å². The molecule has 4 nitrogen and oxygen atoms in total. The topological polar surface area (TPSA) is 41.9 Å². The Hall–Kier alpha value is -3.38. The first-order valence-electron chi connectivity index (χ1n) is 9.88. The molecule has 1 heterocycles. The van der Waals surface area contributed by atoms with Crippen LogP contribution in [0.5, 0.6) is 5.75 Å². The Morgan fingerprint density at radius 2 is 1.71 bits per heavy atom. The number of carbonyl (C=O) groups excluding carboxylic acids is 1. The van der Waals surface area contributed by atoms with E-state index in [0.717, 1.165) is 16.9 Å². The standard InChI is InChI=1S/C25H21FN2O2S/c1-18-7-5-6-10-23(18)30-15-16-31-25-27-22(17-19-8-3-2-4-9-19)24(29)28(25)21-13-11-20(26)12-14-21/h2-14,17H,15-16H2,1H3/b22-17-. The van der Waals surface area contributed by atoms with Crippen molar-refractivity contribution < 1.29 is 13.9 Å². The number of rotatable bonds is 6. The summed E-state index contributed by atoms with van der Waals surface area (Å²) in [7, 11) is 0. The van der Waals surface area contributed by atoms with Gasteiger partial charge in [0.15, 0.2) is 5.17 Å². The Labute approximate surface area is 185 Å². The molecule has 0 fully saturated rings. The number of anilines is 1. The van der Waals surface area contributed by atoms with Crippen LogP contribution in [-0.2, 0) is 4.79 Å². The SMILES string of the molecule is Cc1ccccc1OCCSC1=N/C(=C\c2ccccc2)C(=O)N1c1ccc(F)cc1. The maximum absolute atomic E-state index is 13.4. The second kappa shape index (κ2) is 9.62. The Bertz CT molecular complexity index is 1130. The molecule has 3 aromatic rings. The van der Waals surface area contributed by atoms with Gasteiger partial charge in [-0.2, -0.15) is 0 Å². The minimum Gasteiger partial charge on any atom is -0.492 e.